The molecule has 2 N–H and O–H groups in total. The summed E-state index contributed by atoms with van der Waals surface area (Å²) in [6.45, 7) is 14.0. The van der Waals surface area contributed by atoms with E-state index < -0.39 is 0 Å². The van der Waals surface area contributed by atoms with Gasteiger partial charge in [0.25, 0.3) is 0 Å². The number of nitrogens with two attached hydrogens (primary N) is 1. The maximum absolute atomic E-state index is 9.99. The van der Waals surface area contributed by atoms with Crippen LogP contribution in [0.3, 0.4) is 0 Å². The summed E-state index contributed by atoms with van der Waals surface area (Å²) in [7, 11) is 0. The highest BCUT2D eigenvalue weighted by molar-refractivity contribution is 5.65. The third-order valence-electron chi connectivity index (χ3n) is 6.79. The number of hydrogen-bond acceptors (Lipinski definition) is 5. The molecule has 168 valence electrons. The van der Waals surface area contributed by atoms with E-state index in [1.807, 2.05) is 23.2 Å². The Morgan fingerprint density at radius 2 is 1.72 bits per heavy atom. The Morgan fingerprint density at radius 1 is 1.06 bits per heavy atom. The van der Waals surface area contributed by atoms with E-state index in [9.17, 15) is 5.26 Å². The zero-order chi connectivity index (χ0) is 23.2. The first kappa shape index (κ1) is 21.9. The van der Waals surface area contributed by atoms with Crippen LogP contribution in [-0.4, -0.2) is 19.6 Å². The topological polar surface area (TPSA) is 94.7 Å². The fourth-order valence-corrected chi connectivity index (χ4v) is 5.20. The zero-order valence-corrected chi connectivity index (χ0v) is 19.9. The van der Waals surface area contributed by atoms with Crippen molar-refractivity contribution < 1.29 is 4.74 Å². The Bertz CT molecular complexity index is 1210. The molecular formula is C25H32N6O. The number of nitrogens with zero attached hydrogens (tertiary/aromatic N) is 5. The first-order chi connectivity index (χ1) is 15.3. The molecule has 32 heavy (non-hydrogen) atoms. The Hall–Kier alpha value is -3.27. The van der Waals surface area contributed by atoms with Crippen LogP contribution in [0.1, 0.15) is 72.9 Å². The second-order valence-electron chi connectivity index (χ2n) is 8.60. The molecule has 0 spiro atoms. The molecule has 7 nitrogen and oxygen atoms in total. The van der Waals surface area contributed by atoms with Crippen LogP contribution in [-0.2, 0) is 17.8 Å². The van der Waals surface area contributed by atoms with Gasteiger partial charge in [-0.2, -0.15) is 15.5 Å². The third-order valence-corrected chi connectivity index (χ3v) is 6.79. The minimum atomic E-state index is -0.215. The summed E-state index contributed by atoms with van der Waals surface area (Å²) in [5.74, 6) is 0.807. The fraction of sp³-hybridized carbons (Fsp3) is 0.480. The maximum Gasteiger partial charge on any atom is 0.205 e. The average Bonchev–Trinajstić information content (AvgIpc) is 3.21. The lowest BCUT2D eigenvalue weighted by Crippen LogP contribution is -2.24. The number of aryl methyl sites for hydroxylation is 4. The van der Waals surface area contributed by atoms with Crippen LogP contribution >= 0.6 is 0 Å². The van der Waals surface area contributed by atoms with Gasteiger partial charge in [0.05, 0.1) is 17.3 Å². The van der Waals surface area contributed by atoms with Gasteiger partial charge >= 0.3 is 0 Å². The van der Waals surface area contributed by atoms with Gasteiger partial charge in [0.1, 0.15) is 17.4 Å². The van der Waals surface area contributed by atoms with E-state index in [-0.39, 0.29) is 11.8 Å². The molecule has 0 fully saturated rings. The molecule has 0 amide bonds. The Morgan fingerprint density at radius 3 is 2.31 bits per heavy atom. The molecule has 7 heteroatoms. The third kappa shape index (κ3) is 3.35. The van der Waals surface area contributed by atoms with E-state index in [1.165, 1.54) is 0 Å². The molecule has 2 aromatic rings. The molecule has 0 radical (unpaired) electrons. The first-order valence-corrected chi connectivity index (χ1v) is 11.4. The van der Waals surface area contributed by atoms with Gasteiger partial charge < -0.3 is 10.5 Å². The van der Waals surface area contributed by atoms with E-state index in [2.05, 4.69) is 44.9 Å². The number of rotatable bonds is 4. The molecule has 0 saturated heterocycles. The lowest BCUT2D eigenvalue weighted by molar-refractivity contribution is 0.277. The Kier molecular flexibility index (Phi) is 5.72. The van der Waals surface area contributed by atoms with Crippen LogP contribution in [0, 0.1) is 39.0 Å². The predicted molar refractivity (Wildman–Crippen MR) is 124 cm³/mol. The summed E-state index contributed by atoms with van der Waals surface area (Å²) >= 11 is 0. The van der Waals surface area contributed by atoms with Crippen LogP contribution in [0.4, 0.5) is 0 Å². The molecule has 0 aromatic carbocycles. The van der Waals surface area contributed by atoms with Gasteiger partial charge in [-0.05, 0) is 78.0 Å². The number of allylic oxidation sites excluding steroid dienone is 3. The summed E-state index contributed by atoms with van der Waals surface area (Å²) in [4.78, 5) is 0. The van der Waals surface area contributed by atoms with Crippen molar-refractivity contribution in [1.29, 1.82) is 5.26 Å². The predicted octanol–water partition coefficient (Wildman–Crippen LogP) is 4.68. The van der Waals surface area contributed by atoms with E-state index >= 15 is 0 Å². The van der Waals surface area contributed by atoms with Gasteiger partial charge in [0.15, 0.2) is 0 Å². The molecular weight excluding hydrogens is 400 g/mol. The van der Waals surface area contributed by atoms with Gasteiger partial charge in [-0.15, -0.1) is 0 Å². The first-order valence-electron chi connectivity index (χ1n) is 11.4. The lowest BCUT2D eigenvalue weighted by atomic mass is 9.76. The summed E-state index contributed by atoms with van der Waals surface area (Å²) < 4.78 is 10.2. The van der Waals surface area contributed by atoms with Crippen LogP contribution < -0.4 is 5.73 Å². The molecule has 1 aliphatic carbocycles. The maximum atomic E-state index is 9.99. The molecule has 4 rings (SSSR count). The van der Waals surface area contributed by atoms with Crippen LogP contribution in [0.25, 0.3) is 6.08 Å². The molecule has 2 aromatic heterocycles. The van der Waals surface area contributed by atoms with E-state index in [0.29, 0.717) is 5.57 Å². The van der Waals surface area contributed by atoms with Crippen molar-refractivity contribution >= 4 is 6.08 Å². The van der Waals surface area contributed by atoms with Crippen LogP contribution in [0.5, 0.6) is 0 Å². The molecule has 1 atom stereocenters. The second kappa shape index (κ2) is 8.34. The number of nitriles is 1. The van der Waals surface area contributed by atoms with Crippen LogP contribution in [0.15, 0.2) is 28.4 Å². The van der Waals surface area contributed by atoms with Crippen molar-refractivity contribution in [2.75, 3.05) is 0 Å². The highest BCUT2D eigenvalue weighted by atomic mass is 16.5. The van der Waals surface area contributed by atoms with Gasteiger partial charge in [0, 0.05) is 35.6 Å². The van der Waals surface area contributed by atoms with Gasteiger partial charge in [0.2, 0.25) is 5.88 Å². The molecule has 1 aliphatic heterocycles. The molecule has 0 saturated carbocycles. The Labute approximate surface area is 189 Å². The number of aromatic nitrogens is 4. The summed E-state index contributed by atoms with van der Waals surface area (Å²) in [5, 5.41) is 19.4. The van der Waals surface area contributed by atoms with E-state index in [1.54, 1.807) is 0 Å². The monoisotopic (exact) mass is 432 g/mol. The van der Waals surface area contributed by atoms with Gasteiger partial charge in [-0.25, -0.2) is 0 Å². The van der Waals surface area contributed by atoms with Gasteiger partial charge in [-0.1, -0.05) is 0 Å². The molecule has 0 unspecified atom stereocenters. The molecule has 3 heterocycles. The Balaban J connectivity index is 1.90. The van der Waals surface area contributed by atoms with Crippen LogP contribution in [0.2, 0.25) is 0 Å². The summed E-state index contributed by atoms with van der Waals surface area (Å²) in [6.07, 6.45) is 4.99. The second-order valence-corrected chi connectivity index (χ2v) is 8.60. The standard InChI is InChI=1S/C25H32N6O/c1-7-30-16(5)20(14(3)28-30)12-18-10-9-11-19-23(21(13-26)25(27)32-24(18)19)22-15(4)29-31(8-2)17(22)6/h12,23H,7-11,27H2,1-6H3/b18-12+/t23-/m0/s1. The van der Waals surface area contributed by atoms with Crippen molar-refractivity contribution in [3.05, 3.63) is 62.3 Å². The fourth-order valence-electron chi connectivity index (χ4n) is 5.20. The average molecular weight is 433 g/mol. The largest absolute Gasteiger partial charge is 0.440 e. The number of ether oxygens (including phenoxy) is 1. The minimum absolute atomic E-state index is 0.199. The van der Waals surface area contributed by atoms with Gasteiger partial charge in [-0.3, -0.25) is 9.36 Å². The van der Waals surface area contributed by atoms with E-state index in [0.717, 1.165) is 83.2 Å². The lowest BCUT2D eigenvalue weighted by Gasteiger charge is -2.33. The van der Waals surface area contributed by atoms with Crippen molar-refractivity contribution in [2.24, 2.45) is 5.73 Å². The minimum Gasteiger partial charge on any atom is -0.440 e. The molecule has 2 aliphatic rings. The van der Waals surface area contributed by atoms with Crippen molar-refractivity contribution in [1.82, 2.24) is 19.6 Å². The van der Waals surface area contributed by atoms with Crippen molar-refractivity contribution in [3.63, 3.8) is 0 Å². The zero-order valence-electron chi connectivity index (χ0n) is 19.9. The smallest absolute Gasteiger partial charge is 0.205 e. The van der Waals surface area contributed by atoms with Crippen molar-refractivity contribution in [2.45, 2.75) is 79.8 Å². The SMILES string of the molecule is CCn1nc(C)c(/C=C2\CCCC3=C2OC(N)=C(C#N)[C@H]3c2c(C)nn(CC)c2C)c1C. The highest BCUT2D eigenvalue weighted by Gasteiger charge is 2.38. The summed E-state index contributed by atoms with van der Waals surface area (Å²) in [5.41, 5.74) is 15.5. The molecule has 0 bridgehead atoms. The van der Waals surface area contributed by atoms with E-state index in [4.69, 9.17) is 15.6 Å². The quantitative estimate of drug-likeness (QED) is 0.757. The summed E-state index contributed by atoms with van der Waals surface area (Å²) in [6, 6.07) is 2.34. The normalized spacial score (nSPS) is 19.9. The highest BCUT2D eigenvalue weighted by Crippen LogP contribution is 2.48. The number of hydrogen-bond donors (Lipinski definition) is 1. The van der Waals surface area contributed by atoms with Crippen molar-refractivity contribution in [3.8, 4) is 6.07 Å².